The maximum Gasteiger partial charge on any atom is 0.454 e. The van der Waals surface area contributed by atoms with Gasteiger partial charge in [0.1, 0.15) is 6.42 Å². The van der Waals surface area contributed by atoms with Crippen molar-refractivity contribution in [2.24, 2.45) is 0 Å². The number of ketones is 1. The largest absolute Gasteiger partial charge is 0.468 e. The van der Waals surface area contributed by atoms with Crippen LogP contribution < -0.4 is 0 Å². The predicted molar refractivity (Wildman–Crippen MR) is 60.3 cm³/mol. The third-order valence-electron chi connectivity index (χ3n) is 2.08. The Kier molecular flexibility index (Phi) is 4.70. The molecule has 1 aromatic carbocycles. The number of benzene rings is 1. The number of carbonyl (C=O) groups excluding carboxylic acids is 2. The van der Waals surface area contributed by atoms with Crippen molar-refractivity contribution in [3.63, 3.8) is 0 Å². The molecule has 0 bridgehead atoms. The summed E-state index contributed by atoms with van der Waals surface area (Å²) in [5.41, 5.74) is -0.267. The van der Waals surface area contributed by atoms with Crippen molar-refractivity contribution in [1.82, 2.24) is 0 Å². The number of rotatable bonds is 2. The highest BCUT2D eigenvalue weighted by molar-refractivity contribution is 6.00. The standard InChI is InChI=1S/C13H9F3O3/c1-19-11(17)7-3-5-9-4-2-6-10(8-9)12(18)13(14,15)16/h2,4,6,8H,7H2,1H3. The fourth-order valence-electron chi connectivity index (χ4n) is 1.19. The van der Waals surface area contributed by atoms with E-state index in [4.69, 9.17) is 0 Å². The summed E-state index contributed by atoms with van der Waals surface area (Å²) in [5.74, 6) is 2.45. The Morgan fingerprint density at radius 2 is 2.00 bits per heavy atom. The molecule has 0 saturated heterocycles. The van der Waals surface area contributed by atoms with Gasteiger partial charge in [-0.15, -0.1) is 0 Å². The number of alkyl halides is 3. The number of methoxy groups -OCH3 is 1. The van der Waals surface area contributed by atoms with E-state index in [1.807, 2.05) is 0 Å². The van der Waals surface area contributed by atoms with E-state index in [1.165, 1.54) is 19.2 Å². The van der Waals surface area contributed by atoms with Gasteiger partial charge in [0, 0.05) is 11.1 Å². The topological polar surface area (TPSA) is 43.4 Å². The van der Waals surface area contributed by atoms with Crippen molar-refractivity contribution in [2.75, 3.05) is 7.11 Å². The van der Waals surface area contributed by atoms with Crippen LogP contribution in [-0.2, 0) is 9.53 Å². The smallest absolute Gasteiger partial charge is 0.454 e. The van der Waals surface area contributed by atoms with E-state index in [9.17, 15) is 22.8 Å². The molecule has 0 heterocycles. The first-order valence-electron chi connectivity index (χ1n) is 5.12. The highest BCUT2D eigenvalue weighted by Gasteiger charge is 2.39. The maximum atomic E-state index is 12.2. The van der Waals surface area contributed by atoms with Crippen LogP contribution in [0.15, 0.2) is 24.3 Å². The van der Waals surface area contributed by atoms with Crippen LogP contribution in [0.2, 0.25) is 0 Å². The molecular formula is C13H9F3O3. The average Bonchev–Trinajstić information content (AvgIpc) is 2.37. The first-order valence-corrected chi connectivity index (χ1v) is 5.12. The lowest BCUT2D eigenvalue weighted by Crippen LogP contribution is -2.22. The van der Waals surface area contributed by atoms with Crippen LogP contribution in [0.5, 0.6) is 0 Å². The normalized spacial score (nSPS) is 10.3. The quantitative estimate of drug-likeness (QED) is 0.470. The van der Waals surface area contributed by atoms with E-state index in [-0.39, 0.29) is 12.0 Å². The molecule has 0 unspecified atom stereocenters. The Morgan fingerprint density at radius 1 is 1.32 bits per heavy atom. The van der Waals surface area contributed by atoms with Crippen LogP contribution in [0.25, 0.3) is 0 Å². The fraction of sp³-hybridized carbons (Fsp3) is 0.231. The van der Waals surface area contributed by atoms with Crippen molar-refractivity contribution in [1.29, 1.82) is 0 Å². The third-order valence-corrected chi connectivity index (χ3v) is 2.08. The summed E-state index contributed by atoms with van der Waals surface area (Å²) in [6, 6.07) is 4.82. The molecule has 100 valence electrons. The molecule has 0 amide bonds. The van der Waals surface area contributed by atoms with Gasteiger partial charge >= 0.3 is 12.1 Å². The highest BCUT2D eigenvalue weighted by atomic mass is 19.4. The van der Waals surface area contributed by atoms with Crippen LogP contribution in [-0.4, -0.2) is 25.0 Å². The highest BCUT2D eigenvalue weighted by Crippen LogP contribution is 2.21. The molecule has 0 N–H and O–H groups in total. The summed E-state index contributed by atoms with van der Waals surface area (Å²) >= 11 is 0. The van der Waals surface area contributed by atoms with E-state index in [0.717, 1.165) is 12.1 Å². The van der Waals surface area contributed by atoms with Crippen LogP contribution in [0, 0.1) is 11.8 Å². The van der Waals surface area contributed by atoms with Crippen molar-refractivity contribution < 1.29 is 27.5 Å². The molecule has 0 atom stereocenters. The molecule has 6 heteroatoms. The first-order chi connectivity index (χ1) is 8.84. The fourth-order valence-corrected chi connectivity index (χ4v) is 1.19. The van der Waals surface area contributed by atoms with Gasteiger partial charge in [-0.3, -0.25) is 9.59 Å². The van der Waals surface area contributed by atoms with Gasteiger partial charge in [0.25, 0.3) is 5.78 Å². The second-order valence-corrected chi connectivity index (χ2v) is 3.46. The van der Waals surface area contributed by atoms with E-state index in [2.05, 4.69) is 16.6 Å². The molecule has 0 aliphatic heterocycles. The number of halogens is 3. The van der Waals surface area contributed by atoms with E-state index >= 15 is 0 Å². The summed E-state index contributed by atoms with van der Waals surface area (Å²) in [5, 5.41) is 0. The van der Waals surface area contributed by atoms with Crippen molar-refractivity contribution >= 4 is 11.8 Å². The van der Waals surface area contributed by atoms with Crippen LogP contribution >= 0.6 is 0 Å². The van der Waals surface area contributed by atoms with Gasteiger partial charge in [0.2, 0.25) is 0 Å². The molecule has 1 rings (SSSR count). The van der Waals surface area contributed by atoms with E-state index < -0.39 is 23.5 Å². The lowest BCUT2D eigenvalue weighted by atomic mass is 10.1. The number of carbonyl (C=O) groups is 2. The summed E-state index contributed by atoms with van der Waals surface area (Å²) in [6.07, 6.45) is -5.09. The minimum Gasteiger partial charge on any atom is -0.468 e. The third kappa shape index (κ3) is 4.47. The Labute approximate surface area is 107 Å². The Balaban J connectivity index is 2.89. The predicted octanol–water partition coefficient (Wildman–Crippen LogP) is 2.35. The minimum absolute atomic E-state index is 0.173. The van der Waals surface area contributed by atoms with Crippen molar-refractivity contribution in [3.8, 4) is 11.8 Å². The molecule has 0 saturated carbocycles. The molecule has 3 nitrogen and oxygen atoms in total. The lowest BCUT2D eigenvalue weighted by Gasteiger charge is -2.04. The molecule has 0 radical (unpaired) electrons. The van der Waals surface area contributed by atoms with Gasteiger partial charge in [0.05, 0.1) is 7.11 Å². The van der Waals surface area contributed by atoms with Crippen LogP contribution in [0.1, 0.15) is 22.3 Å². The average molecular weight is 270 g/mol. The Morgan fingerprint density at radius 3 is 2.58 bits per heavy atom. The Hall–Kier alpha value is -2.29. The zero-order valence-electron chi connectivity index (χ0n) is 9.88. The number of esters is 1. The molecule has 0 aliphatic rings. The number of hydrogen-bond donors (Lipinski definition) is 0. The molecule has 1 aromatic rings. The van der Waals surface area contributed by atoms with Gasteiger partial charge in [-0.25, -0.2) is 0 Å². The maximum absolute atomic E-state index is 12.2. The molecule has 0 spiro atoms. The SMILES string of the molecule is COC(=O)CC#Cc1cccc(C(=O)C(F)(F)F)c1. The van der Waals surface area contributed by atoms with Crippen molar-refractivity contribution in [2.45, 2.75) is 12.6 Å². The zero-order chi connectivity index (χ0) is 14.5. The molecule has 0 aliphatic carbocycles. The van der Waals surface area contributed by atoms with Gasteiger partial charge in [-0.05, 0) is 12.1 Å². The summed E-state index contributed by atoms with van der Waals surface area (Å²) in [6.45, 7) is 0. The lowest BCUT2D eigenvalue weighted by molar-refractivity contribution is -0.139. The Bertz CT molecular complexity index is 550. The summed E-state index contributed by atoms with van der Waals surface area (Å²) < 4.78 is 41.0. The van der Waals surface area contributed by atoms with Crippen molar-refractivity contribution in [3.05, 3.63) is 35.4 Å². The summed E-state index contributed by atoms with van der Waals surface area (Å²) in [4.78, 5) is 21.8. The monoisotopic (exact) mass is 270 g/mol. The van der Waals surface area contributed by atoms with Gasteiger partial charge in [-0.1, -0.05) is 24.0 Å². The molecule has 0 fully saturated rings. The number of ether oxygens (including phenoxy) is 1. The van der Waals surface area contributed by atoms with Crippen LogP contribution in [0.3, 0.4) is 0 Å². The zero-order valence-corrected chi connectivity index (χ0v) is 9.88. The first kappa shape index (κ1) is 14.8. The van der Waals surface area contributed by atoms with Gasteiger partial charge in [0.15, 0.2) is 0 Å². The molecule has 0 aromatic heterocycles. The second kappa shape index (κ2) is 6.05. The number of Topliss-reactive ketones (excluding diaryl/α,β-unsaturated/α-hetero) is 1. The van der Waals surface area contributed by atoms with Crippen LogP contribution in [0.4, 0.5) is 13.2 Å². The van der Waals surface area contributed by atoms with E-state index in [1.54, 1.807) is 0 Å². The number of hydrogen-bond acceptors (Lipinski definition) is 3. The minimum atomic E-state index is -4.92. The van der Waals surface area contributed by atoms with Gasteiger partial charge < -0.3 is 4.74 Å². The second-order valence-electron chi connectivity index (χ2n) is 3.46. The summed E-state index contributed by atoms with van der Waals surface area (Å²) in [7, 11) is 1.20. The van der Waals surface area contributed by atoms with Gasteiger partial charge in [-0.2, -0.15) is 13.2 Å². The van der Waals surface area contributed by atoms with E-state index in [0.29, 0.717) is 0 Å². The molecule has 19 heavy (non-hydrogen) atoms. The molecular weight excluding hydrogens is 261 g/mol.